The van der Waals surface area contributed by atoms with Gasteiger partial charge in [0.1, 0.15) is 0 Å². The number of carboxylic acids is 7. The van der Waals surface area contributed by atoms with Gasteiger partial charge in [-0.1, -0.05) is 46.1 Å². The predicted molar refractivity (Wildman–Crippen MR) is 188 cm³/mol. The number of carbonyl (C=O) groups is 7. The van der Waals surface area contributed by atoms with Crippen molar-refractivity contribution in [3.63, 3.8) is 0 Å². The molecule has 0 saturated heterocycles. The summed E-state index contributed by atoms with van der Waals surface area (Å²) in [6, 6.07) is 0. The number of aliphatic carboxylic acids is 7. The highest BCUT2D eigenvalue weighted by molar-refractivity contribution is 5.86. The van der Waals surface area contributed by atoms with Crippen LogP contribution in [0.1, 0.15) is 48.5 Å². The molecule has 0 fully saturated rings. The van der Waals surface area contributed by atoms with Crippen LogP contribution in [0, 0.1) is 5.41 Å². The molecule has 0 spiro atoms. The predicted octanol–water partition coefficient (Wildman–Crippen LogP) is 2.47. The summed E-state index contributed by atoms with van der Waals surface area (Å²) >= 11 is 0. The standard InChI is InChI=1S/C5H12O4.7C4H6O2/c6-1-5(2-7,3-8)4-9;7*1-3(2)4(5)6/h6-9H,1-4H2;7*1H2,2H3,(H,5,6). The molecule has 18 nitrogen and oxygen atoms in total. The van der Waals surface area contributed by atoms with Crippen molar-refractivity contribution in [1.29, 1.82) is 0 Å². The van der Waals surface area contributed by atoms with Gasteiger partial charge in [-0.05, 0) is 48.5 Å². The first kappa shape index (κ1) is 63.9. The zero-order valence-corrected chi connectivity index (χ0v) is 30.1. The Morgan fingerprint density at radius 1 is 0.314 bits per heavy atom. The highest BCUT2D eigenvalue weighted by Gasteiger charge is 2.26. The average molecular weight is 739 g/mol. The van der Waals surface area contributed by atoms with Gasteiger partial charge in [0.05, 0.1) is 31.8 Å². The van der Waals surface area contributed by atoms with E-state index in [0.717, 1.165) is 0 Å². The summed E-state index contributed by atoms with van der Waals surface area (Å²) < 4.78 is 0. The van der Waals surface area contributed by atoms with Crippen LogP contribution in [0.3, 0.4) is 0 Å². The highest BCUT2D eigenvalue weighted by atomic mass is 16.4. The van der Waals surface area contributed by atoms with Gasteiger partial charge in [0.2, 0.25) is 0 Å². The maximum Gasteiger partial charge on any atom is 0.330 e. The van der Waals surface area contributed by atoms with Crippen molar-refractivity contribution in [2.24, 2.45) is 5.41 Å². The van der Waals surface area contributed by atoms with Crippen molar-refractivity contribution >= 4 is 41.8 Å². The zero-order chi connectivity index (χ0) is 43.4. The first-order chi connectivity index (χ1) is 22.7. The van der Waals surface area contributed by atoms with E-state index in [0.29, 0.717) is 0 Å². The van der Waals surface area contributed by atoms with Crippen LogP contribution in [-0.4, -0.2) is 124 Å². The molecule has 0 atom stereocenters. The number of hydrogen-bond acceptors (Lipinski definition) is 11. The Hall–Kier alpha value is -5.69. The van der Waals surface area contributed by atoms with E-state index in [4.69, 9.17) is 56.2 Å². The lowest BCUT2D eigenvalue weighted by molar-refractivity contribution is -0.133. The molecule has 51 heavy (non-hydrogen) atoms. The van der Waals surface area contributed by atoms with Crippen LogP contribution in [0.25, 0.3) is 0 Å². The molecule has 294 valence electrons. The summed E-state index contributed by atoms with van der Waals surface area (Å²) in [4.78, 5) is 67.2. The van der Waals surface area contributed by atoms with Crippen molar-refractivity contribution in [3.05, 3.63) is 85.1 Å². The molecule has 0 heterocycles. The second kappa shape index (κ2) is 38.8. The SMILES string of the molecule is C=C(C)C(=O)O.C=C(C)C(=O)O.C=C(C)C(=O)O.C=C(C)C(=O)O.C=C(C)C(=O)O.C=C(C)C(=O)O.C=C(C)C(=O)O.OCC(CO)(CO)CO. The third kappa shape index (κ3) is 67.4. The van der Waals surface area contributed by atoms with Crippen LogP contribution in [0.15, 0.2) is 85.1 Å². The van der Waals surface area contributed by atoms with E-state index in [1.165, 1.54) is 48.5 Å². The summed E-state index contributed by atoms with van der Waals surface area (Å²) in [5.41, 5.74) is 0.120. The normalized spacial score (nSPS) is 8.29. The molecule has 0 amide bonds. The fraction of sp³-hybridized carbons (Fsp3) is 0.364. The van der Waals surface area contributed by atoms with E-state index in [9.17, 15) is 33.6 Å². The van der Waals surface area contributed by atoms with E-state index in [2.05, 4.69) is 46.1 Å². The summed E-state index contributed by atoms with van der Waals surface area (Å²) in [6.07, 6.45) is 0. The lowest BCUT2D eigenvalue weighted by Crippen LogP contribution is -2.37. The molecule has 0 aromatic carbocycles. The van der Waals surface area contributed by atoms with E-state index >= 15 is 0 Å². The van der Waals surface area contributed by atoms with Gasteiger partial charge >= 0.3 is 41.8 Å². The van der Waals surface area contributed by atoms with Crippen LogP contribution in [0.2, 0.25) is 0 Å². The number of hydrogen-bond donors (Lipinski definition) is 11. The number of aliphatic hydroxyl groups is 4. The molecule has 0 aromatic rings. The molecule has 0 aliphatic rings. The van der Waals surface area contributed by atoms with Crippen LogP contribution in [-0.2, 0) is 33.6 Å². The highest BCUT2D eigenvalue weighted by Crippen LogP contribution is 2.11. The second-order valence-corrected chi connectivity index (χ2v) is 9.73. The lowest BCUT2D eigenvalue weighted by Gasteiger charge is -2.23. The number of rotatable bonds is 11. The minimum Gasteiger partial charge on any atom is -0.478 e. The first-order valence-corrected chi connectivity index (χ1v) is 13.4. The van der Waals surface area contributed by atoms with E-state index in [-0.39, 0.29) is 39.0 Å². The molecule has 0 unspecified atom stereocenters. The fourth-order valence-corrected chi connectivity index (χ4v) is 0.300. The van der Waals surface area contributed by atoms with E-state index in [1.807, 2.05) is 0 Å². The van der Waals surface area contributed by atoms with Crippen molar-refractivity contribution in [1.82, 2.24) is 0 Å². The Kier molecular flexibility index (Phi) is 48.6. The van der Waals surface area contributed by atoms with E-state index < -0.39 is 73.6 Å². The monoisotopic (exact) mass is 738 g/mol. The molecule has 0 bridgehead atoms. The quantitative estimate of drug-likeness (QED) is 0.136. The minimum atomic E-state index is -1.11. The summed E-state index contributed by atoms with van der Waals surface area (Å²) in [5.74, 6) is -6.55. The van der Waals surface area contributed by atoms with Crippen LogP contribution in [0.5, 0.6) is 0 Å². The van der Waals surface area contributed by atoms with Crippen LogP contribution >= 0.6 is 0 Å². The fourth-order valence-electron chi connectivity index (χ4n) is 0.300. The zero-order valence-electron chi connectivity index (χ0n) is 30.1. The summed E-state index contributed by atoms with van der Waals surface area (Å²) in [5, 5.41) is 89.2. The molecular formula is C33H54O18. The maximum atomic E-state index is 9.60. The topological polar surface area (TPSA) is 342 Å². The minimum absolute atomic E-state index is 0.176. The molecule has 18 heteroatoms. The maximum absolute atomic E-state index is 9.60. The third-order valence-electron chi connectivity index (χ3n) is 3.90. The number of carboxylic acid groups (broad SMARTS) is 7. The molecular weight excluding hydrogens is 684 g/mol. The second-order valence-electron chi connectivity index (χ2n) is 9.73. The Labute approximate surface area is 296 Å². The smallest absolute Gasteiger partial charge is 0.330 e. The Bertz CT molecular complexity index is 881. The lowest BCUT2D eigenvalue weighted by atomic mass is 9.93. The number of aliphatic hydroxyl groups excluding tert-OH is 4. The molecule has 0 rings (SSSR count). The Morgan fingerprint density at radius 3 is 0.373 bits per heavy atom. The van der Waals surface area contributed by atoms with Gasteiger partial charge in [-0.2, -0.15) is 0 Å². The average Bonchev–Trinajstić information content (AvgIpc) is 3.00. The Morgan fingerprint density at radius 2 is 0.373 bits per heavy atom. The largest absolute Gasteiger partial charge is 0.478 e. The van der Waals surface area contributed by atoms with Crippen LogP contribution < -0.4 is 0 Å². The molecule has 0 aliphatic heterocycles. The molecule has 0 saturated carbocycles. The van der Waals surface area contributed by atoms with Gasteiger partial charge in [0.25, 0.3) is 0 Å². The summed E-state index contributed by atoms with van der Waals surface area (Å²) in [6.45, 7) is 30.6. The summed E-state index contributed by atoms with van der Waals surface area (Å²) in [7, 11) is 0. The third-order valence-corrected chi connectivity index (χ3v) is 3.90. The van der Waals surface area contributed by atoms with Gasteiger partial charge in [-0.15, -0.1) is 0 Å². The molecule has 0 radical (unpaired) electrons. The molecule has 11 N–H and O–H groups in total. The first-order valence-electron chi connectivity index (χ1n) is 13.4. The van der Waals surface area contributed by atoms with Crippen LogP contribution in [0.4, 0.5) is 0 Å². The molecule has 0 aliphatic carbocycles. The van der Waals surface area contributed by atoms with Gasteiger partial charge in [-0.3, -0.25) is 0 Å². The van der Waals surface area contributed by atoms with E-state index in [1.54, 1.807) is 0 Å². The van der Waals surface area contributed by atoms with Crippen molar-refractivity contribution < 1.29 is 89.7 Å². The van der Waals surface area contributed by atoms with Gasteiger partial charge in [0, 0.05) is 39.0 Å². The van der Waals surface area contributed by atoms with Gasteiger partial charge in [-0.25, -0.2) is 33.6 Å². The van der Waals surface area contributed by atoms with Crippen molar-refractivity contribution in [3.8, 4) is 0 Å². The van der Waals surface area contributed by atoms with Crippen molar-refractivity contribution in [2.45, 2.75) is 48.5 Å². The Balaban J connectivity index is -0.0000000694. The van der Waals surface area contributed by atoms with Gasteiger partial charge < -0.3 is 56.2 Å². The van der Waals surface area contributed by atoms with Crippen molar-refractivity contribution in [2.75, 3.05) is 26.4 Å². The molecule has 0 aromatic heterocycles. The van der Waals surface area contributed by atoms with Gasteiger partial charge in [0.15, 0.2) is 0 Å².